The fourth-order valence-corrected chi connectivity index (χ4v) is 4.78. The van der Waals surface area contributed by atoms with Crippen LogP contribution in [0.15, 0.2) is 15.6 Å². The van der Waals surface area contributed by atoms with Gasteiger partial charge in [0, 0.05) is 24.6 Å². The van der Waals surface area contributed by atoms with Crippen LogP contribution in [0, 0.1) is 0 Å². The lowest BCUT2D eigenvalue weighted by atomic mass is 10.0. The van der Waals surface area contributed by atoms with Crippen LogP contribution in [0.2, 0.25) is 0 Å². The van der Waals surface area contributed by atoms with Gasteiger partial charge in [-0.1, -0.05) is 30.0 Å². The first-order chi connectivity index (χ1) is 13.6. The molecule has 1 fully saturated rings. The number of ether oxygens (including phenoxy) is 2. The minimum Gasteiger partial charge on any atom is -0.463 e. The van der Waals surface area contributed by atoms with Gasteiger partial charge in [-0.15, -0.1) is 10.2 Å². The number of rotatable bonds is 9. The van der Waals surface area contributed by atoms with Gasteiger partial charge in [-0.25, -0.2) is 9.59 Å². The minimum absolute atomic E-state index is 0.230. The van der Waals surface area contributed by atoms with Gasteiger partial charge in [0.2, 0.25) is 5.13 Å². The molecule has 2 unspecified atom stereocenters. The normalized spacial score (nSPS) is 22.0. The summed E-state index contributed by atoms with van der Waals surface area (Å²) in [5.41, 5.74) is 1.03. The number of thioether (sulfide) groups is 1. The number of hydrogen-bond acceptors (Lipinski definition) is 9. The van der Waals surface area contributed by atoms with Crippen LogP contribution in [0.1, 0.15) is 33.1 Å². The molecule has 3 rings (SSSR count). The first kappa shape index (κ1) is 20.9. The Bertz CT molecular complexity index is 733. The molecule has 2 atom stereocenters. The maximum atomic E-state index is 12.4. The highest BCUT2D eigenvalue weighted by atomic mass is 32.2. The molecule has 2 aliphatic rings. The van der Waals surface area contributed by atoms with Crippen molar-refractivity contribution in [3.05, 3.63) is 11.3 Å². The lowest BCUT2D eigenvalue weighted by molar-refractivity contribution is -0.139. The Morgan fingerprint density at radius 3 is 3.00 bits per heavy atom. The summed E-state index contributed by atoms with van der Waals surface area (Å²) in [5.74, 6) is -0.00745. The number of carbonyl (C=O) groups excluding carboxylic acids is 2. The molecule has 0 aliphatic carbocycles. The molecular weight excluding hydrogens is 402 g/mol. The standard InChI is InChI=1S/C17H25N5O4S2/c1-3-11-13(14(23)25-4-2)12(20-15(24)19-11)9-27-17-22-21-16(28-17)18-8-10-6-5-7-26-10/h10-11H,3-9H2,1-2H3,(H,18,21)(H2,19,20,24). The third-order valence-corrected chi connectivity index (χ3v) is 6.44. The first-order valence-corrected chi connectivity index (χ1v) is 11.2. The average Bonchev–Trinajstić information content (AvgIpc) is 3.36. The predicted octanol–water partition coefficient (Wildman–Crippen LogP) is 2.13. The molecule has 0 bridgehead atoms. The highest BCUT2D eigenvalue weighted by molar-refractivity contribution is 8.01. The molecule has 28 heavy (non-hydrogen) atoms. The summed E-state index contributed by atoms with van der Waals surface area (Å²) in [6.45, 7) is 5.49. The number of nitrogens with one attached hydrogen (secondary N) is 3. The average molecular weight is 428 g/mol. The third kappa shape index (κ3) is 5.36. The van der Waals surface area contributed by atoms with Gasteiger partial charge in [0.25, 0.3) is 0 Å². The zero-order valence-electron chi connectivity index (χ0n) is 15.9. The van der Waals surface area contributed by atoms with E-state index in [1.165, 1.54) is 23.1 Å². The summed E-state index contributed by atoms with van der Waals surface area (Å²) in [6, 6.07) is -0.673. The molecule has 3 N–H and O–H groups in total. The van der Waals surface area contributed by atoms with Crippen LogP contribution in [-0.4, -0.2) is 59.9 Å². The SMILES string of the molecule is CCOC(=O)C1=C(CSc2nnc(NCC3CCCO3)s2)NC(=O)NC1CC. The van der Waals surface area contributed by atoms with E-state index in [1.807, 2.05) is 6.92 Å². The molecule has 1 aromatic rings. The Morgan fingerprint density at radius 2 is 2.29 bits per heavy atom. The van der Waals surface area contributed by atoms with Crippen LogP contribution >= 0.6 is 23.1 Å². The Balaban J connectivity index is 1.63. The van der Waals surface area contributed by atoms with E-state index >= 15 is 0 Å². The van der Waals surface area contributed by atoms with Crippen molar-refractivity contribution in [3.63, 3.8) is 0 Å². The molecule has 1 saturated heterocycles. The molecule has 0 saturated carbocycles. The fourth-order valence-electron chi connectivity index (χ4n) is 3.06. The van der Waals surface area contributed by atoms with Gasteiger partial charge in [-0.05, 0) is 26.2 Å². The summed E-state index contributed by atoms with van der Waals surface area (Å²) < 4.78 is 11.5. The third-order valence-electron chi connectivity index (χ3n) is 4.40. The Kier molecular flexibility index (Phi) is 7.51. The van der Waals surface area contributed by atoms with Gasteiger partial charge >= 0.3 is 12.0 Å². The summed E-state index contributed by atoms with van der Waals surface area (Å²) in [5, 5.41) is 17.8. The smallest absolute Gasteiger partial charge is 0.337 e. The minimum atomic E-state index is -0.409. The molecular formula is C17H25N5O4S2. The Hall–Kier alpha value is -1.85. The number of urea groups is 1. The van der Waals surface area contributed by atoms with E-state index in [4.69, 9.17) is 9.47 Å². The number of nitrogens with zero attached hydrogens (tertiary/aromatic N) is 2. The number of anilines is 1. The second-order valence-electron chi connectivity index (χ2n) is 6.35. The molecule has 11 heteroatoms. The van der Waals surface area contributed by atoms with Crippen LogP contribution in [0.5, 0.6) is 0 Å². The van der Waals surface area contributed by atoms with Crippen LogP contribution < -0.4 is 16.0 Å². The summed E-state index contributed by atoms with van der Waals surface area (Å²) in [6.07, 6.45) is 2.99. The van der Waals surface area contributed by atoms with Gasteiger partial charge in [0.05, 0.1) is 24.3 Å². The Morgan fingerprint density at radius 1 is 1.43 bits per heavy atom. The van der Waals surface area contributed by atoms with E-state index in [0.29, 0.717) is 23.4 Å². The molecule has 1 aromatic heterocycles. The van der Waals surface area contributed by atoms with Crippen LogP contribution in [-0.2, 0) is 14.3 Å². The van der Waals surface area contributed by atoms with Crippen molar-refractivity contribution in [2.75, 3.05) is 30.8 Å². The monoisotopic (exact) mass is 427 g/mol. The zero-order chi connectivity index (χ0) is 19.9. The molecule has 0 aromatic carbocycles. The van der Waals surface area contributed by atoms with Crippen LogP contribution in [0.4, 0.5) is 9.93 Å². The van der Waals surface area contributed by atoms with Crippen molar-refractivity contribution in [1.29, 1.82) is 0 Å². The largest absolute Gasteiger partial charge is 0.463 e. The van der Waals surface area contributed by atoms with Crippen molar-refractivity contribution in [2.45, 2.75) is 49.6 Å². The number of esters is 1. The molecule has 0 spiro atoms. The second-order valence-corrected chi connectivity index (χ2v) is 8.55. The van der Waals surface area contributed by atoms with Crippen molar-refractivity contribution in [1.82, 2.24) is 20.8 Å². The summed E-state index contributed by atoms with van der Waals surface area (Å²) in [4.78, 5) is 24.3. The number of carbonyl (C=O) groups is 2. The number of aromatic nitrogens is 2. The quantitative estimate of drug-likeness (QED) is 0.406. The fraction of sp³-hybridized carbons (Fsp3) is 0.647. The van der Waals surface area contributed by atoms with E-state index in [-0.39, 0.29) is 24.8 Å². The molecule has 3 heterocycles. The van der Waals surface area contributed by atoms with E-state index in [1.54, 1.807) is 6.92 Å². The first-order valence-electron chi connectivity index (χ1n) is 9.40. The number of hydrogen-bond donors (Lipinski definition) is 3. The van der Waals surface area contributed by atoms with E-state index in [0.717, 1.165) is 35.5 Å². The van der Waals surface area contributed by atoms with E-state index in [2.05, 4.69) is 26.1 Å². The Labute approximate surface area is 172 Å². The van der Waals surface area contributed by atoms with E-state index < -0.39 is 5.97 Å². The number of amides is 2. The van der Waals surface area contributed by atoms with Gasteiger partial charge < -0.3 is 25.4 Å². The van der Waals surface area contributed by atoms with Crippen molar-refractivity contribution in [2.24, 2.45) is 0 Å². The maximum Gasteiger partial charge on any atom is 0.337 e. The predicted molar refractivity (Wildman–Crippen MR) is 108 cm³/mol. The molecule has 2 aliphatic heterocycles. The van der Waals surface area contributed by atoms with Gasteiger partial charge in [0.1, 0.15) is 0 Å². The van der Waals surface area contributed by atoms with Gasteiger partial charge in [-0.3, -0.25) is 0 Å². The van der Waals surface area contributed by atoms with Crippen LogP contribution in [0.25, 0.3) is 0 Å². The lowest BCUT2D eigenvalue weighted by Gasteiger charge is -2.28. The highest BCUT2D eigenvalue weighted by Gasteiger charge is 2.31. The maximum absolute atomic E-state index is 12.4. The molecule has 9 nitrogen and oxygen atoms in total. The molecule has 0 radical (unpaired) electrons. The van der Waals surface area contributed by atoms with E-state index in [9.17, 15) is 9.59 Å². The van der Waals surface area contributed by atoms with Crippen LogP contribution in [0.3, 0.4) is 0 Å². The topological polar surface area (TPSA) is 114 Å². The summed E-state index contributed by atoms with van der Waals surface area (Å²) in [7, 11) is 0. The van der Waals surface area contributed by atoms with Crippen molar-refractivity contribution in [3.8, 4) is 0 Å². The summed E-state index contributed by atoms with van der Waals surface area (Å²) >= 11 is 2.86. The van der Waals surface area contributed by atoms with Gasteiger partial charge in [-0.2, -0.15) is 0 Å². The van der Waals surface area contributed by atoms with Gasteiger partial charge in [0.15, 0.2) is 4.34 Å². The second kappa shape index (κ2) is 10.1. The molecule has 2 amide bonds. The highest BCUT2D eigenvalue weighted by Crippen LogP contribution is 2.29. The zero-order valence-corrected chi connectivity index (χ0v) is 17.6. The van der Waals surface area contributed by atoms with Crippen molar-refractivity contribution >= 4 is 40.2 Å². The van der Waals surface area contributed by atoms with Crippen molar-refractivity contribution < 1.29 is 19.1 Å². The molecule has 154 valence electrons. The lowest BCUT2D eigenvalue weighted by Crippen LogP contribution is -2.50.